The highest BCUT2D eigenvalue weighted by Crippen LogP contribution is 2.30. The number of hydrogen-bond donors (Lipinski definition) is 1. The fourth-order valence-corrected chi connectivity index (χ4v) is 2.97. The molecule has 0 fully saturated rings. The second-order valence-electron chi connectivity index (χ2n) is 5.81. The number of para-hydroxylation sites is 1. The predicted octanol–water partition coefficient (Wildman–Crippen LogP) is 2.15. The number of nitrogens with zero attached hydrogens (tertiary/aromatic N) is 1. The molecule has 0 unspecified atom stereocenters. The summed E-state index contributed by atoms with van der Waals surface area (Å²) in [6, 6.07) is 7.35. The van der Waals surface area contributed by atoms with Crippen LogP contribution in [0.3, 0.4) is 0 Å². The number of esters is 1. The molecule has 1 N–H and O–H groups in total. The third kappa shape index (κ3) is 3.31. The number of nitrogens with one attached hydrogen (secondary N) is 1. The molecule has 7 nitrogen and oxygen atoms in total. The Morgan fingerprint density at radius 1 is 1.20 bits per heavy atom. The molecule has 1 aliphatic rings. The highest BCUT2D eigenvalue weighted by molar-refractivity contribution is 6.06. The van der Waals surface area contributed by atoms with E-state index in [1.165, 1.54) is 6.92 Å². The van der Waals surface area contributed by atoms with Crippen molar-refractivity contribution in [3.8, 4) is 0 Å². The minimum absolute atomic E-state index is 0.454. The van der Waals surface area contributed by atoms with E-state index in [0.717, 1.165) is 43.1 Å². The van der Waals surface area contributed by atoms with Gasteiger partial charge in [-0.3, -0.25) is 15.1 Å². The lowest BCUT2D eigenvalue weighted by Crippen LogP contribution is -2.39. The number of rotatable bonds is 3. The number of imide groups is 1. The van der Waals surface area contributed by atoms with Crippen LogP contribution in [0.4, 0.5) is 4.79 Å². The van der Waals surface area contributed by atoms with Crippen molar-refractivity contribution in [2.24, 2.45) is 0 Å². The largest absolute Gasteiger partial charge is 0.453 e. The molecule has 0 aliphatic heterocycles. The first-order chi connectivity index (χ1) is 12.0. The van der Waals surface area contributed by atoms with Crippen LogP contribution in [0.1, 0.15) is 35.0 Å². The average Bonchev–Trinajstić information content (AvgIpc) is 3.06. The molecule has 0 saturated carbocycles. The predicted molar refractivity (Wildman–Crippen MR) is 89.2 cm³/mol. The molecule has 0 saturated heterocycles. The number of fused-ring (bicyclic) bond motifs is 2. The maximum atomic E-state index is 12.7. The van der Waals surface area contributed by atoms with Crippen molar-refractivity contribution in [1.82, 2.24) is 10.3 Å². The molecule has 0 radical (unpaired) electrons. The van der Waals surface area contributed by atoms with Crippen LogP contribution in [0, 0.1) is 0 Å². The number of carbonyl (C=O) groups is 3. The molecule has 130 valence electrons. The van der Waals surface area contributed by atoms with Gasteiger partial charge in [-0.2, -0.15) is 0 Å². The van der Waals surface area contributed by atoms with Gasteiger partial charge in [0.1, 0.15) is 0 Å². The lowest BCUT2D eigenvalue weighted by Gasteiger charge is -2.15. The van der Waals surface area contributed by atoms with Gasteiger partial charge >= 0.3 is 12.1 Å². The minimum Gasteiger partial charge on any atom is -0.453 e. The highest BCUT2D eigenvalue weighted by Gasteiger charge is 2.27. The Balaban J connectivity index is 1.90. The Morgan fingerprint density at radius 2 is 1.96 bits per heavy atom. The number of aromatic nitrogens is 1. The van der Waals surface area contributed by atoms with Crippen molar-refractivity contribution in [2.45, 2.75) is 32.3 Å². The molecule has 7 heteroatoms. The Labute approximate surface area is 144 Å². The Hall–Kier alpha value is -2.96. The van der Waals surface area contributed by atoms with Crippen molar-refractivity contribution in [1.29, 1.82) is 0 Å². The number of amides is 2. The summed E-state index contributed by atoms with van der Waals surface area (Å²) in [7, 11) is 1.14. The van der Waals surface area contributed by atoms with Gasteiger partial charge in [0, 0.05) is 11.1 Å². The van der Waals surface area contributed by atoms with Gasteiger partial charge in [-0.25, -0.2) is 9.59 Å². The number of aryl methyl sites for hydroxylation is 1. The Morgan fingerprint density at radius 3 is 2.72 bits per heavy atom. The van der Waals surface area contributed by atoms with Crippen LogP contribution in [0.5, 0.6) is 0 Å². The van der Waals surface area contributed by atoms with Crippen LogP contribution < -0.4 is 5.32 Å². The number of alkyl carbamates (subject to hydrolysis) is 1. The van der Waals surface area contributed by atoms with E-state index in [1.807, 2.05) is 29.6 Å². The van der Waals surface area contributed by atoms with Crippen molar-refractivity contribution < 1.29 is 23.9 Å². The van der Waals surface area contributed by atoms with Crippen LogP contribution in [0.15, 0.2) is 24.3 Å². The number of pyridine rings is 1. The molecule has 0 bridgehead atoms. The molecule has 3 rings (SSSR count). The molecule has 1 aromatic heterocycles. The Bertz CT molecular complexity index is 862. The molecule has 2 amide bonds. The van der Waals surface area contributed by atoms with E-state index in [0.29, 0.717) is 10.9 Å². The van der Waals surface area contributed by atoms with E-state index >= 15 is 0 Å². The first-order valence-corrected chi connectivity index (χ1v) is 8.01. The summed E-state index contributed by atoms with van der Waals surface area (Å²) in [6.07, 6.45) is 0.468. The molecular weight excluding hydrogens is 324 g/mol. The summed E-state index contributed by atoms with van der Waals surface area (Å²) in [6.45, 7) is 1.40. The van der Waals surface area contributed by atoms with Crippen LogP contribution in [-0.4, -0.2) is 36.2 Å². The minimum atomic E-state index is -1.13. The third-order valence-electron chi connectivity index (χ3n) is 4.19. The van der Waals surface area contributed by atoms with Gasteiger partial charge in [0.05, 0.1) is 18.2 Å². The summed E-state index contributed by atoms with van der Waals surface area (Å²) in [5.74, 6) is -1.33. The molecule has 0 spiro atoms. The number of hydrogen-bond acceptors (Lipinski definition) is 6. The second-order valence-corrected chi connectivity index (χ2v) is 5.81. The first kappa shape index (κ1) is 16.9. The molecule has 1 aliphatic carbocycles. The normalized spacial score (nSPS) is 13.8. The zero-order valence-corrected chi connectivity index (χ0v) is 14.0. The first-order valence-electron chi connectivity index (χ1n) is 8.01. The molecule has 1 atom stereocenters. The molecule has 25 heavy (non-hydrogen) atoms. The molecule has 2 aromatic rings. The lowest BCUT2D eigenvalue weighted by atomic mass is 10.0. The van der Waals surface area contributed by atoms with Crippen LogP contribution in [0.2, 0.25) is 0 Å². The van der Waals surface area contributed by atoms with Gasteiger partial charge in [0.25, 0.3) is 5.91 Å². The zero-order chi connectivity index (χ0) is 18.0. The smallest absolute Gasteiger partial charge is 0.413 e. The van der Waals surface area contributed by atoms with E-state index in [1.54, 1.807) is 0 Å². The summed E-state index contributed by atoms with van der Waals surface area (Å²) < 4.78 is 9.65. The van der Waals surface area contributed by atoms with Gasteiger partial charge < -0.3 is 9.47 Å². The van der Waals surface area contributed by atoms with E-state index in [9.17, 15) is 14.4 Å². The Kier molecular flexibility index (Phi) is 4.65. The number of methoxy groups -OCH3 is 1. The maximum Gasteiger partial charge on any atom is 0.413 e. The summed E-state index contributed by atoms with van der Waals surface area (Å²) in [4.78, 5) is 40.3. The fourth-order valence-electron chi connectivity index (χ4n) is 2.97. The summed E-state index contributed by atoms with van der Waals surface area (Å²) in [5, 5.41) is 2.69. The monoisotopic (exact) mass is 342 g/mol. The van der Waals surface area contributed by atoms with Gasteiger partial charge in [-0.05, 0) is 37.8 Å². The SMILES string of the molecule is COC(=O)NC(=O)[C@H](C)OC(=O)c1c2c(nc3ccccc13)CCC2. The van der Waals surface area contributed by atoms with Crippen molar-refractivity contribution in [3.63, 3.8) is 0 Å². The number of carbonyl (C=O) groups excluding carboxylic acids is 3. The average molecular weight is 342 g/mol. The van der Waals surface area contributed by atoms with Gasteiger partial charge in [0.2, 0.25) is 0 Å². The fraction of sp³-hybridized carbons (Fsp3) is 0.333. The van der Waals surface area contributed by atoms with Crippen LogP contribution in [0.25, 0.3) is 10.9 Å². The molecular formula is C18H18N2O5. The standard InChI is InChI=1S/C18H18N2O5/c1-10(16(21)20-18(23)24-2)25-17(22)15-11-6-3-4-8-13(11)19-14-9-5-7-12(14)15/h3-4,6,8,10H,5,7,9H2,1-2H3,(H,20,21,23)/t10-/m0/s1. The van der Waals surface area contributed by atoms with E-state index in [-0.39, 0.29) is 0 Å². The maximum absolute atomic E-state index is 12.7. The van der Waals surface area contributed by atoms with Crippen LogP contribution >= 0.6 is 0 Å². The van der Waals surface area contributed by atoms with Crippen molar-refractivity contribution >= 4 is 28.9 Å². The second kappa shape index (κ2) is 6.88. The third-order valence-corrected chi connectivity index (χ3v) is 4.19. The molecule has 1 aromatic carbocycles. The summed E-state index contributed by atoms with van der Waals surface area (Å²) >= 11 is 0. The number of ether oxygens (including phenoxy) is 2. The van der Waals surface area contributed by atoms with E-state index in [4.69, 9.17) is 4.74 Å². The van der Waals surface area contributed by atoms with Gasteiger partial charge in [0.15, 0.2) is 6.10 Å². The zero-order valence-electron chi connectivity index (χ0n) is 14.0. The summed E-state index contributed by atoms with van der Waals surface area (Å²) in [5.41, 5.74) is 2.96. The number of benzene rings is 1. The lowest BCUT2D eigenvalue weighted by molar-refractivity contribution is -0.128. The molecule has 1 heterocycles. The van der Waals surface area contributed by atoms with Crippen molar-refractivity contribution in [2.75, 3.05) is 7.11 Å². The van der Waals surface area contributed by atoms with Gasteiger partial charge in [-0.15, -0.1) is 0 Å². The van der Waals surface area contributed by atoms with E-state index < -0.39 is 24.1 Å². The highest BCUT2D eigenvalue weighted by atomic mass is 16.6. The topological polar surface area (TPSA) is 94.6 Å². The van der Waals surface area contributed by atoms with E-state index in [2.05, 4.69) is 9.72 Å². The quantitative estimate of drug-likeness (QED) is 0.859. The van der Waals surface area contributed by atoms with Crippen LogP contribution in [-0.2, 0) is 27.1 Å². The van der Waals surface area contributed by atoms with Gasteiger partial charge in [-0.1, -0.05) is 18.2 Å². The van der Waals surface area contributed by atoms with Crippen molar-refractivity contribution in [3.05, 3.63) is 41.1 Å².